The van der Waals surface area contributed by atoms with Crippen molar-refractivity contribution in [1.82, 2.24) is 0 Å². The van der Waals surface area contributed by atoms with Crippen molar-refractivity contribution in [1.29, 1.82) is 0 Å². The molecule has 7 heteroatoms. The van der Waals surface area contributed by atoms with E-state index in [4.69, 9.17) is 0 Å². The third-order valence-electron chi connectivity index (χ3n) is 4.91. The minimum Gasteiger partial charge on any atom is -0.320 e. The maximum atomic E-state index is 12.4. The predicted octanol–water partition coefficient (Wildman–Crippen LogP) is 4.13. The molecular formula is C22H22N4O2S. The molecule has 2 aromatic rings. The van der Waals surface area contributed by atoms with E-state index in [9.17, 15) is 9.59 Å². The van der Waals surface area contributed by atoms with E-state index in [-0.39, 0.29) is 17.5 Å². The van der Waals surface area contributed by atoms with Gasteiger partial charge in [-0.2, -0.15) is 0 Å². The number of nitrogens with one attached hydrogen (secondary N) is 1. The summed E-state index contributed by atoms with van der Waals surface area (Å²) >= 11 is 1.33. The normalized spacial score (nSPS) is 18.6. The van der Waals surface area contributed by atoms with Gasteiger partial charge in [-0.25, -0.2) is 0 Å². The van der Waals surface area contributed by atoms with Gasteiger partial charge in [0.25, 0.3) is 5.91 Å². The van der Waals surface area contributed by atoms with Gasteiger partial charge >= 0.3 is 0 Å². The number of benzene rings is 2. The molecule has 0 aliphatic carbocycles. The van der Waals surface area contributed by atoms with Crippen molar-refractivity contribution in [2.24, 2.45) is 10.2 Å². The number of amides is 2. The Balaban J connectivity index is 1.62. The predicted molar refractivity (Wildman–Crippen MR) is 119 cm³/mol. The van der Waals surface area contributed by atoms with Crippen LogP contribution < -0.4 is 10.2 Å². The molecule has 0 bridgehead atoms. The van der Waals surface area contributed by atoms with Crippen LogP contribution in [0.5, 0.6) is 0 Å². The van der Waals surface area contributed by atoms with E-state index in [1.54, 1.807) is 4.90 Å². The van der Waals surface area contributed by atoms with Gasteiger partial charge in [0.2, 0.25) is 5.91 Å². The highest BCUT2D eigenvalue weighted by atomic mass is 32.2. The molecule has 0 spiro atoms. The Labute approximate surface area is 174 Å². The average Bonchev–Trinajstić information content (AvgIpc) is 3.24. The van der Waals surface area contributed by atoms with E-state index in [2.05, 4.69) is 22.4 Å². The van der Waals surface area contributed by atoms with E-state index in [1.807, 2.05) is 49.4 Å². The fourth-order valence-corrected chi connectivity index (χ4v) is 4.16. The Hall–Kier alpha value is -2.93. The largest absolute Gasteiger partial charge is 0.320 e. The van der Waals surface area contributed by atoms with Gasteiger partial charge in [0, 0.05) is 5.56 Å². The first-order valence-electron chi connectivity index (χ1n) is 9.69. The van der Waals surface area contributed by atoms with Crippen LogP contribution in [0.15, 0.2) is 52.7 Å². The van der Waals surface area contributed by atoms with Crippen molar-refractivity contribution < 1.29 is 9.59 Å². The molecule has 2 aliphatic rings. The van der Waals surface area contributed by atoms with Crippen LogP contribution in [0.1, 0.15) is 36.5 Å². The number of carbonyl (C=O) groups excluding carboxylic acids is 2. The number of unbranched alkanes of at least 4 members (excludes halogenated alkanes) is 1. The molecule has 0 aromatic heterocycles. The second-order valence-electron chi connectivity index (χ2n) is 7.12. The lowest BCUT2D eigenvalue weighted by molar-refractivity contribution is -0.115. The van der Waals surface area contributed by atoms with E-state index in [1.165, 1.54) is 17.3 Å². The van der Waals surface area contributed by atoms with Crippen molar-refractivity contribution in [2.75, 3.05) is 16.0 Å². The minimum absolute atomic E-state index is 0.0395. The molecule has 2 aromatic carbocycles. The molecule has 0 atom stereocenters. The zero-order valence-corrected chi connectivity index (χ0v) is 17.3. The fraction of sp³-hybridized carbons (Fsp3) is 0.273. The third-order valence-corrected chi connectivity index (χ3v) is 5.82. The molecule has 0 saturated carbocycles. The van der Waals surface area contributed by atoms with Gasteiger partial charge in [0.15, 0.2) is 10.9 Å². The van der Waals surface area contributed by atoms with Crippen molar-refractivity contribution >= 4 is 45.8 Å². The molecule has 0 radical (unpaired) electrons. The first kappa shape index (κ1) is 19.4. The molecule has 2 aliphatic heterocycles. The summed E-state index contributed by atoms with van der Waals surface area (Å²) in [4.78, 5) is 26.3. The Morgan fingerprint density at radius 1 is 1.10 bits per heavy atom. The lowest BCUT2D eigenvalue weighted by Crippen LogP contribution is -2.29. The van der Waals surface area contributed by atoms with Crippen LogP contribution in [-0.2, 0) is 16.0 Å². The summed E-state index contributed by atoms with van der Waals surface area (Å²) in [5, 5.41) is 11.8. The third kappa shape index (κ3) is 3.96. The Morgan fingerprint density at radius 2 is 1.90 bits per heavy atom. The maximum absolute atomic E-state index is 12.4. The number of nitrogens with zero attached hydrogens (tertiary/aromatic N) is 3. The molecule has 2 amide bonds. The number of amidine groups is 1. The van der Waals surface area contributed by atoms with Gasteiger partial charge in [-0.1, -0.05) is 48.9 Å². The van der Waals surface area contributed by atoms with E-state index in [0.717, 1.165) is 41.8 Å². The van der Waals surface area contributed by atoms with Gasteiger partial charge in [-0.05, 0) is 49.6 Å². The summed E-state index contributed by atoms with van der Waals surface area (Å²) in [6.45, 7) is 4.13. The maximum Gasteiger partial charge on any atom is 0.276 e. The molecule has 2 heterocycles. The van der Waals surface area contributed by atoms with Gasteiger partial charge in [-0.3, -0.25) is 14.5 Å². The van der Waals surface area contributed by atoms with Gasteiger partial charge in [-0.15, -0.1) is 10.2 Å². The van der Waals surface area contributed by atoms with E-state index in [0.29, 0.717) is 10.9 Å². The lowest BCUT2D eigenvalue weighted by atomic mass is 10.1. The zero-order chi connectivity index (χ0) is 20.4. The number of anilines is 2. The van der Waals surface area contributed by atoms with Crippen molar-refractivity contribution in [3.8, 4) is 0 Å². The number of hydrogen-bond donors (Lipinski definition) is 1. The monoisotopic (exact) mass is 406 g/mol. The van der Waals surface area contributed by atoms with E-state index >= 15 is 0 Å². The van der Waals surface area contributed by atoms with Crippen LogP contribution in [0.2, 0.25) is 0 Å². The summed E-state index contributed by atoms with van der Waals surface area (Å²) in [5.74, 6) is -0.0122. The Kier molecular flexibility index (Phi) is 5.49. The van der Waals surface area contributed by atoms with Crippen LogP contribution >= 0.6 is 11.8 Å². The number of hydrogen-bond acceptors (Lipinski definition) is 5. The molecule has 1 N–H and O–H groups in total. The summed E-state index contributed by atoms with van der Waals surface area (Å²) in [6, 6.07) is 13.7. The molecule has 1 fully saturated rings. The van der Waals surface area contributed by atoms with Crippen molar-refractivity contribution in [3.05, 3.63) is 59.2 Å². The summed E-state index contributed by atoms with van der Waals surface area (Å²) in [7, 11) is 0. The number of thioether (sulfide) groups is 1. The molecule has 1 saturated heterocycles. The Morgan fingerprint density at radius 3 is 2.66 bits per heavy atom. The molecule has 0 unspecified atom stereocenters. The molecule has 29 heavy (non-hydrogen) atoms. The quantitative estimate of drug-likeness (QED) is 0.759. The number of fused-ring (bicyclic) bond motifs is 1. The number of aryl methyl sites for hydroxylation is 2. The van der Waals surface area contributed by atoms with Crippen LogP contribution in [0.4, 0.5) is 11.4 Å². The van der Waals surface area contributed by atoms with Gasteiger partial charge in [0.05, 0.1) is 17.1 Å². The van der Waals surface area contributed by atoms with Crippen LogP contribution in [0, 0.1) is 6.92 Å². The second-order valence-corrected chi connectivity index (χ2v) is 8.06. The summed E-state index contributed by atoms with van der Waals surface area (Å²) in [6.07, 6.45) is 3.32. The highest BCUT2D eigenvalue weighted by molar-refractivity contribution is 8.15. The zero-order valence-electron chi connectivity index (χ0n) is 16.4. The SMILES string of the molecule is CCCCc1ccc(N2C(=O)CSC2=NN=C2C(=O)Nc3ccc(C)cc32)cc1. The minimum atomic E-state index is -0.281. The topological polar surface area (TPSA) is 74.1 Å². The first-order valence-corrected chi connectivity index (χ1v) is 10.7. The highest BCUT2D eigenvalue weighted by Gasteiger charge is 2.31. The standard InChI is InChI=1S/C22H22N4O2S/c1-3-4-5-15-7-9-16(10-8-15)26-19(27)13-29-22(26)25-24-20-17-12-14(2)6-11-18(17)23-21(20)28/h6-12H,3-5,13H2,1-2H3,(H,23,24,28). The molecule has 6 nitrogen and oxygen atoms in total. The van der Waals surface area contributed by atoms with Gasteiger partial charge in [0.1, 0.15) is 0 Å². The van der Waals surface area contributed by atoms with Crippen LogP contribution in [0.3, 0.4) is 0 Å². The van der Waals surface area contributed by atoms with Crippen molar-refractivity contribution in [2.45, 2.75) is 33.1 Å². The number of carbonyl (C=O) groups is 2. The average molecular weight is 407 g/mol. The summed E-state index contributed by atoms with van der Waals surface area (Å²) < 4.78 is 0. The highest BCUT2D eigenvalue weighted by Crippen LogP contribution is 2.28. The van der Waals surface area contributed by atoms with Crippen molar-refractivity contribution in [3.63, 3.8) is 0 Å². The lowest BCUT2D eigenvalue weighted by Gasteiger charge is -2.15. The fourth-order valence-electron chi connectivity index (χ4n) is 3.34. The molecular weight excluding hydrogens is 384 g/mol. The second kappa shape index (κ2) is 8.21. The number of rotatable bonds is 5. The van der Waals surface area contributed by atoms with E-state index < -0.39 is 0 Å². The molecule has 4 rings (SSSR count). The van der Waals surface area contributed by atoms with Crippen LogP contribution in [0.25, 0.3) is 0 Å². The molecule has 148 valence electrons. The summed E-state index contributed by atoms with van der Waals surface area (Å²) in [5.41, 5.74) is 4.80. The Bertz CT molecular complexity index is 1030. The smallest absolute Gasteiger partial charge is 0.276 e. The van der Waals surface area contributed by atoms with Crippen LogP contribution in [-0.4, -0.2) is 28.4 Å². The van der Waals surface area contributed by atoms with Gasteiger partial charge < -0.3 is 5.32 Å². The first-order chi connectivity index (χ1) is 14.1.